The van der Waals surface area contributed by atoms with E-state index in [2.05, 4.69) is 48.4 Å². The van der Waals surface area contributed by atoms with Gasteiger partial charge < -0.3 is 9.73 Å². The Balaban J connectivity index is 1.62. The summed E-state index contributed by atoms with van der Waals surface area (Å²) in [6.07, 6.45) is 1.62. The molecule has 0 spiro atoms. The van der Waals surface area contributed by atoms with Gasteiger partial charge in [-0.3, -0.25) is 0 Å². The molecule has 5 nitrogen and oxygen atoms in total. The van der Waals surface area contributed by atoms with Gasteiger partial charge in [-0.05, 0) is 44.0 Å². The van der Waals surface area contributed by atoms with Crippen LogP contribution in [0.5, 0.6) is 0 Å². The molecule has 0 saturated heterocycles. The van der Waals surface area contributed by atoms with Crippen LogP contribution in [-0.2, 0) is 0 Å². The summed E-state index contributed by atoms with van der Waals surface area (Å²) < 4.78 is 5.28. The molecular formula is C24H19N3O2S. The van der Waals surface area contributed by atoms with Crippen molar-refractivity contribution in [3.05, 3.63) is 86.2 Å². The third kappa shape index (κ3) is 3.88. The highest BCUT2D eigenvalue weighted by atomic mass is 32.1. The van der Waals surface area contributed by atoms with Crippen LogP contribution in [0.4, 0.5) is 5.69 Å². The van der Waals surface area contributed by atoms with E-state index in [1.54, 1.807) is 12.3 Å². The minimum Gasteiger partial charge on any atom is -0.423 e. The van der Waals surface area contributed by atoms with E-state index in [9.17, 15) is 10.1 Å². The number of fused-ring (bicyclic) bond motifs is 1. The Bertz CT molecular complexity index is 1390. The van der Waals surface area contributed by atoms with Gasteiger partial charge in [0.25, 0.3) is 0 Å². The number of allylic oxidation sites excluding steroid dienone is 1. The van der Waals surface area contributed by atoms with Crippen molar-refractivity contribution in [1.82, 2.24) is 4.98 Å². The Morgan fingerprint density at radius 1 is 1.13 bits per heavy atom. The van der Waals surface area contributed by atoms with Gasteiger partial charge in [0.2, 0.25) is 0 Å². The first-order chi connectivity index (χ1) is 14.4. The number of nitrogens with one attached hydrogen (secondary N) is 1. The summed E-state index contributed by atoms with van der Waals surface area (Å²) in [5.74, 6) is 0. The molecular weight excluding hydrogens is 394 g/mol. The van der Waals surface area contributed by atoms with Crippen LogP contribution >= 0.6 is 11.3 Å². The summed E-state index contributed by atoms with van der Waals surface area (Å²) in [5, 5.41) is 16.2. The Hall–Kier alpha value is -3.69. The molecule has 0 atom stereocenters. The normalized spacial score (nSPS) is 11.5. The predicted molar refractivity (Wildman–Crippen MR) is 121 cm³/mol. The fourth-order valence-electron chi connectivity index (χ4n) is 3.33. The lowest BCUT2D eigenvalue weighted by Gasteiger charge is -2.05. The maximum atomic E-state index is 11.6. The van der Waals surface area contributed by atoms with Crippen LogP contribution in [0.3, 0.4) is 0 Å². The SMILES string of the molecule is Cc1ccc(-c2csc(C(C#N)=CNc3ccc4c(C)cc(=O)oc4c3)n2)c(C)c1. The first-order valence-electron chi connectivity index (χ1n) is 9.39. The van der Waals surface area contributed by atoms with Gasteiger partial charge in [0.15, 0.2) is 0 Å². The van der Waals surface area contributed by atoms with Crippen LogP contribution in [-0.4, -0.2) is 4.98 Å². The van der Waals surface area contributed by atoms with Gasteiger partial charge in [0.05, 0.1) is 5.69 Å². The van der Waals surface area contributed by atoms with E-state index in [1.807, 2.05) is 24.4 Å². The number of benzene rings is 2. The lowest BCUT2D eigenvalue weighted by molar-refractivity contribution is 0.560. The quantitative estimate of drug-likeness (QED) is 0.337. The van der Waals surface area contributed by atoms with E-state index in [0.29, 0.717) is 16.2 Å². The zero-order valence-corrected chi connectivity index (χ0v) is 17.6. The minimum atomic E-state index is -0.382. The monoisotopic (exact) mass is 413 g/mol. The van der Waals surface area contributed by atoms with Crippen molar-refractivity contribution in [2.75, 3.05) is 5.32 Å². The largest absolute Gasteiger partial charge is 0.423 e. The first kappa shape index (κ1) is 19.6. The summed E-state index contributed by atoms with van der Waals surface area (Å²) >= 11 is 1.43. The standard InChI is InChI=1S/C24H19N3O2S/c1-14-4-6-19(15(2)8-14)21-13-30-24(27-21)17(11-25)12-26-18-5-7-20-16(3)9-23(28)29-22(20)10-18/h4-10,12-13,26H,1-3H3. The summed E-state index contributed by atoms with van der Waals surface area (Å²) in [6.45, 7) is 5.99. The molecule has 4 aromatic rings. The highest BCUT2D eigenvalue weighted by molar-refractivity contribution is 7.11. The van der Waals surface area contributed by atoms with E-state index in [1.165, 1.54) is 23.0 Å². The van der Waals surface area contributed by atoms with Crippen molar-refractivity contribution in [1.29, 1.82) is 5.26 Å². The lowest BCUT2D eigenvalue weighted by atomic mass is 10.0. The third-order valence-corrected chi connectivity index (χ3v) is 5.72. The molecule has 4 rings (SSSR count). The van der Waals surface area contributed by atoms with Crippen LogP contribution < -0.4 is 10.9 Å². The molecule has 0 aliphatic rings. The van der Waals surface area contributed by atoms with Crippen molar-refractivity contribution in [3.8, 4) is 17.3 Å². The molecule has 0 amide bonds. The second-order valence-electron chi connectivity index (χ2n) is 7.13. The average molecular weight is 414 g/mol. The number of aryl methyl sites for hydroxylation is 3. The summed E-state index contributed by atoms with van der Waals surface area (Å²) in [5.41, 5.74) is 6.41. The lowest BCUT2D eigenvalue weighted by Crippen LogP contribution is -1.98. The van der Waals surface area contributed by atoms with Crippen LogP contribution in [0.1, 0.15) is 21.7 Å². The molecule has 0 aliphatic heterocycles. The number of rotatable bonds is 4. The summed E-state index contributed by atoms with van der Waals surface area (Å²) in [4.78, 5) is 16.3. The number of hydrogen-bond donors (Lipinski definition) is 1. The van der Waals surface area contributed by atoms with Gasteiger partial charge in [-0.2, -0.15) is 5.26 Å². The first-order valence-corrected chi connectivity index (χ1v) is 10.3. The van der Waals surface area contributed by atoms with Gasteiger partial charge in [0, 0.05) is 40.3 Å². The number of aromatic nitrogens is 1. The van der Waals surface area contributed by atoms with E-state index in [4.69, 9.17) is 4.42 Å². The average Bonchev–Trinajstić information content (AvgIpc) is 3.17. The van der Waals surface area contributed by atoms with Crippen LogP contribution in [0.25, 0.3) is 27.8 Å². The van der Waals surface area contributed by atoms with E-state index >= 15 is 0 Å². The molecule has 0 aliphatic carbocycles. The fraction of sp³-hybridized carbons (Fsp3) is 0.125. The smallest absolute Gasteiger partial charge is 0.336 e. The topological polar surface area (TPSA) is 78.9 Å². The molecule has 0 fully saturated rings. The molecule has 1 N–H and O–H groups in total. The van der Waals surface area contributed by atoms with Gasteiger partial charge in [-0.15, -0.1) is 11.3 Å². The number of anilines is 1. The van der Waals surface area contributed by atoms with Gasteiger partial charge in [0.1, 0.15) is 22.2 Å². The van der Waals surface area contributed by atoms with E-state index in [0.717, 1.165) is 33.5 Å². The molecule has 0 saturated carbocycles. The third-order valence-electron chi connectivity index (χ3n) is 4.85. The van der Waals surface area contributed by atoms with Crippen LogP contribution in [0.15, 0.2) is 63.3 Å². The van der Waals surface area contributed by atoms with E-state index in [-0.39, 0.29) is 5.63 Å². The summed E-state index contributed by atoms with van der Waals surface area (Å²) in [7, 11) is 0. The van der Waals surface area contributed by atoms with Gasteiger partial charge >= 0.3 is 5.63 Å². The zero-order chi connectivity index (χ0) is 21.3. The Labute approximate surface area is 177 Å². The summed E-state index contributed by atoms with van der Waals surface area (Å²) in [6, 6.07) is 15.4. The minimum absolute atomic E-state index is 0.382. The van der Waals surface area contributed by atoms with Gasteiger partial charge in [-0.1, -0.05) is 23.8 Å². The van der Waals surface area contributed by atoms with Crippen molar-refractivity contribution >= 4 is 33.6 Å². The zero-order valence-electron chi connectivity index (χ0n) is 16.8. The van der Waals surface area contributed by atoms with Crippen molar-refractivity contribution in [2.24, 2.45) is 0 Å². The maximum Gasteiger partial charge on any atom is 0.336 e. The molecule has 2 heterocycles. The van der Waals surface area contributed by atoms with Crippen molar-refractivity contribution in [2.45, 2.75) is 20.8 Å². The number of thiazole rings is 1. The Morgan fingerprint density at radius 3 is 2.73 bits per heavy atom. The number of hydrogen-bond acceptors (Lipinski definition) is 6. The van der Waals surface area contributed by atoms with Crippen molar-refractivity contribution < 1.29 is 4.42 Å². The maximum absolute atomic E-state index is 11.6. The van der Waals surface area contributed by atoms with Crippen molar-refractivity contribution in [3.63, 3.8) is 0 Å². The Kier molecular flexibility index (Phi) is 5.21. The second-order valence-corrected chi connectivity index (χ2v) is 7.99. The highest BCUT2D eigenvalue weighted by Gasteiger charge is 2.11. The number of nitriles is 1. The highest BCUT2D eigenvalue weighted by Crippen LogP contribution is 2.29. The molecule has 2 aromatic heterocycles. The Morgan fingerprint density at radius 2 is 1.97 bits per heavy atom. The molecule has 148 valence electrons. The van der Waals surface area contributed by atoms with Gasteiger partial charge in [-0.25, -0.2) is 9.78 Å². The fourth-order valence-corrected chi connectivity index (χ4v) is 4.12. The molecule has 30 heavy (non-hydrogen) atoms. The second kappa shape index (κ2) is 7.97. The molecule has 2 aromatic carbocycles. The van der Waals surface area contributed by atoms with E-state index < -0.39 is 0 Å². The molecule has 0 radical (unpaired) electrons. The number of nitrogens with zero attached hydrogens (tertiary/aromatic N) is 2. The molecule has 0 bridgehead atoms. The van der Waals surface area contributed by atoms with Crippen LogP contribution in [0.2, 0.25) is 0 Å². The predicted octanol–water partition coefficient (Wildman–Crippen LogP) is 5.82. The molecule has 0 unspecified atom stereocenters. The van der Waals surface area contributed by atoms with Crippen LogP contribution in [0, 0.1) is 32.1 Å². The molecule has 6 heteroatoms.